The second-order valence-corrected chi connectivity index (χ2v) is 12.9. The van der Waals surface area contributed by atoms with Crippen LogP contribution < -0.4 is 0 Å². The van der Waals surface area contributed by atoms with Crippen LogP contribution in [0.1, 0.15) is 75.6 Å². The number of phenols is 1. The summed E-state index contributed by atoms with van der Waals surface area (Å²) >= 11 is 0. The highest BCUT2D eigenvalue weighted by Crippen LogP contribution is 2.52. The highest BCUT2D eigenvalue weighted by Gasteiger charge is 2.37. The predicted octanol–water partition coefficient (Wildman–Crippen LogP) is 10.0. The van der Waals surface area contributed by atoms with Crippen LogP contribution in [0.2, 0.25) is 0 Å². The van der Waals surface area contributed by atoms with E-state index in [4.69, 9.17) is 9.97 Å². The number of para-hydroxylation sites is 2. The molecule has 1 aliphatic rings. The van der Waals surface area contributed by atoms with E-state index >= 15 is 0 Å². The van der Waals surface area contributed by atoms with Crippen LogP contribution in [0.5, 0.6) is 5.75 Å². The van der Waals surface area contributed by atoms with Crippen LogP contribution in [-0.2, 0) is 5.41 Å². The summed E-state index contributed by atoms with van der Waals surface area (Å²) in [5.41, 5.74) is 11.8. The zero-order chi connectivity index (χ0) is 30.0. The summed E-state index contributed by atoms with van der Waals surface area (Å²) in [4.78, 5) is 10.1. The lowest BCUT2D eigenvalue weighted by Crippen LogP contribution is -2.14. The number of nitrogens with zero attached hydrogens (tertiary/aromatic N) is 3. The van der Waals surface area contributed by atoms with Gasteiger partial charge in [0, 0.05) is 39.9 Å². The normalized spacial score (nSPS) is 13.6. The fourth-order valence-electron chi connectivity index (χ4n) is 6.91. The summed E-state index contributed by atoms with van der Waals surface area (Å²) in [5.74, 6) is 1.86. The Morgan fingerprint density at radius 2 is 1.44 bits per heavy atom. The molecule has 0 unspecified atom stereocenters. The van der Waals surface area contributed by atoms with Crippen molar-refractivity contribution in [2.75, 3.05) is 0 Å². The van der Waals surface area contributed by atoms with Gasteiger partial charge < -0.3 is 5.11 Å². The van der Waals surface area contributed by atoms with Gasteiger partial charge in [0.15, 0.2) is 0 Å². The number of benzene rings is 4. The minimum absolute atomic E-state index is 0.202. The first-order valence-corrected chi connectivity index (χ1v) is 15.2. The molecule has 4 nitrogen and oxygen atoms in total. The van der Waals surface area contributed by atoms with Crippen molar-refractivity contribution >= 4 is 10.9 Å². The van der Waals surface area contributed by atoms with Gasteiger partial charge in [-0.15, -0.1) is 0 Å². The van der Waals surface area contributed by atoms with Crippen molar-refractivity contribution in [3.8, 4) is 45.2 Å². The number of imidazole rings is 1. The van der Waals surface area contributed by atoms with Crippen LogP contribution in [0.4, 0.5) is 0 Å². The molecule has 0 radical (unpaired) electrons. The van der Waals surface area contributed by atoms with Crippen LogP contribution in [0.25, 0.3) is 50.4 Å². The predicted molar refractivity (Wildman–Crippen MR) is 177 cm³/mol. The highest BCUT2D eigenvalue weighted by molar-refractivity contribution is 5.93. The van der Waals surface area contributed by atoms with Crippen LogP contribution in [0, 0.1) is 0 Å². The zero-order valence-corrected chi connectivity index (χ0v) is 25.7. The smallest absolute Gasteiger partial charge is 0.145 e. The molecule has 0 atom stereocenters. The molecule has 0 bridgehead atoms. The molecule has 1 N–H and O–H groups in total. The first kappa shape index (κ1) is 27.2. The molecule has 0 amide bonds. The minimum atomic E-state index is -0.202. The summed E-state index contributed by atoms with van der Waals surface area (Å²) in [5, 5.41) is 12.1. The molecule has 2 aromatic heterocycles. The molecule has 0 fully saturated rings. The number of aromatic hydroxyl groups is 1. The topological polar surface area (TPSA) is 50.9 Å². The summed E-state index contributed by atoms with van der Waals surface area (Å²) in [7, 11) is 0. The summed E-state index contributed by atoms with van der Waals surface area (Å²) in [6.45, 7) is 13.5. The lowest BCUT2D eigenvalue weighted by molar-refractivity contribution is 0.476. The molecule has 0 saturated heterocycles. The Labute approximate surface area is 253 Å². The van der Waals surface area contributed by atoms with Crippen LogP contribution in [0.3, 0.4) is 0 Å². The highest BCUT2D eigenvalue weighted by atomic mass is 16.3. The Morgan fingerprint density at radius 3 is 2.19 bits per heavy atom. The van der Waals surface area contributed by atoms with E-state index in [2.05, 4.69) is 119 Å². The quantitative estimate of drug-likeness (QED) is 0.227. The van der Waals surface area contributed by atoms with E-state index in [1.54, 1.807) is 6.07 Å². The minimum Gasteiger partial charge on any atom is -0.507 e. The lowest BCUT2D eigenvalue weighted by atomic mass is 9.82. The molecule has 2 heterocycles. The maximum atomic E-state index is 11.0. The van der Waals surface area contributed by atoms with Crippen molar-refractivity contribution in [1.29, 1.82) is 0 Å². The van der Waals surface area contributed by atoms with Gasteiger partial charge in [0.1, 0.15) is 11.6 Å². The third-order valence-corrected chi connectivity index (χ3v) is 9.13. The standard InChI is InChI=1S/C39H37N3O/c1-23(2)27-13-8-14-28(24(3)4)37(27)42-22-33(29-15-7-11-25-12-10-20-40-36(25)29)41-38(42)26-18-19-31-30(21-26)35-32(39(31,5)6)16-9-17-34(35)43/h7-24,43H,1-6H3. The largest absolute Gasteiger partial charge is 0.507 e. The summed E-state index contributed by atoms with van der Waals surface area (Å²) < 4.78 is 2.30. The van der Waals surface area contributed by atoms with Crippen LogP contribution in [0.15, 0.2) is 97.3 Å². The Morgan fingerprint density at radius 1 is 0.744 bits per heavy atom. The van der Waals surface area contributed by atoms with Gasteiger partial charge in [0.25, 0.3) is 0 Å². The van der Waals surface area contributed by atoms with Crippen LogP contribution in [-0.4, -0.2) is 19.6 Å². The van der Waals surface area contributed by atoms with Crippen molar-refractivity contribution in [2.24, 2.45) is 0 Å². The van der Waals surface area contributed by atoms with Gasteiger partial charge in [-0.05, 0) is 57.9 Å². The maximum absolute atomic E-state index is 11.0. The molecule has 4 heteroatoms. The van der Waals surface area contributed by atoms with Gasteiger partial charge in [-0.2, -0.15) is 0 Å². The lowest BCUT2D eigenvalue weighted by Gasteiger charge is -2.22. The van der Waals surface area contributed by atoms with E-state index in [-0.39, 0.29) is 5.41 Å². The van der Waals surface area contributed by atoms with Gasteiger partial charge >= 0.3 is 0 Å². The molecule has 214 valence electrons. The van der Waals surface area contributed by atoms with E-state index in [1.807, 2.05) is 18.3 Å². The molecule has 4 aromatic carbocycles. The van der Waals surface area contributed by atoms with Crippen molar-refractivity contribution in [1.82, 2.24) is 14.5 Å². The average molecular weight is 564 g/mol. The average Bonchev–Trinajstić information content (AvgIpc) is 3.54. The van der Waals surface area contributed by atoms with Crippen molar-refractivity contribution in [2.45, 2.75) is 58.8 Å². The monoisotopic (exact) mass is 563 g/mol. The second kappa shape index (κ2) is 9.95. The SMILES string of the molecule is CC(C)c1cccc(C(C)C)c1-n1cc(-c2cccc3cccnc23)nc1-c1ccc2c(c1)-c1c(O)cccc1C2(C)C. The Balaban J connectivity index is 1.54. The molecule has 6 aromatic rings. The van der Waals surface area contributed by atoms with E-state index in [0.717, 1.165) is 50.2 Å². The van der Waals surface area contributed by atoms with Gasteiger partial charge in [-0.1, -0.05) is 108 Å². The molecule has 0 aliphatic heterocycles. The molecule has 7 rings (SSSR count). The molecule has 0 saturated carbocycles. The number of rotatable bonds is 5. The van der Waals surface area contributed by atoms with Gasteiger partial charge in [-0.3, -0.25) is 9.55 Å². The number of phenolic OH excluding ortho intramolecular Hbond substituents is 1. The van der Waals surface area contributed by atoms with E-state index < -0.39 is 0 Å². The first-order valence-electron chi connectivity index (χ1n) is 15.2. The number of fused-ring (bicyclic) bond motifs is 4. The fraction of sp³-hybridized carbons (Fsp3) is 0.231. The molecular formula is C39H37N3O. The number of hydrogen-bond acceptors (Lipinski definition) is 3. The summed E-state index contributed by atoms with van der Waals surface area (Å²) in [6.07, 6.45) is 4.04. The zero-order valence-electron chi connectivity index (χ0n) is 25.7. The van der Waals surface area contributed by atoms with Crippen molar-refractivity contribution in [3.63, 3.8) is 0 Å². The molecule has 1 aliphatic carbocycles. The van der Waals surface area contributed by atoms with E-state index in [1.165, 1.54) is 22.4 Å². The Kier molecular flexibility index (Phi) is 6.28. The van der Waals surface area contributed by atoms with E-state index in [0.29, 0.717) is 17.6 Å². The fourth-order valence-corrected chi connectivity index (χ4v) is 6.91. The summed E-state index contributed by atoms with van der Waals surface area (Å²) in [6, 6.07) is 29.5. The van der Waals surface area contributed by atoms with Gasteiger partial charge in [0.2, 0.25) is 0 Å². The Hall–Kier alpha value is -4.70. The van der Waals surface area contributed by atoms with E-state index in [9.17, 15) is 5.11 Å². The second-order valence-electron chi connectivity index (χ2n) is 12.9. The number of aromatic nitrogens is 3. The van der Waals surface area contributed by atoms with Crippen molar-refractivity contribution in [3.05, 3.63) is 120 Å². The maximum Gasteiger partial charge on any atom is 0.145 e. The third kappa shape index (κ3) is 4.19. The van der Waals surface area contributed by atoms with Gasteiger partial charge in [-0.25, -0.2) is 4.98 Å². The Bertz CT molecular complexity index is 2000. The van der Waals surface area contributed by atoms with Crippen molar-refractivity contribution < 1.29 is 5.11 Å². The molecule has 0 spiro atoms. The first-order chi connectivity index (χ1) is 20.7. The number of hydrogen-bond donors (Lipinski definition) is 1. The molecule has 43 heavy (non-hydrogen) atoms. The van der Waals surface area contributed by atoms with Crippen LogP contribution >= 0.6 is 0 Å². The van der Waals surface area contributed by atoms with Gasteiger partial charge in [0.05, 0.1) is 16.9 Å². The third-order valence-electron chi connectivity index (χ3n) is 9.13. The molecular weight excluding hydrogens is 526 g/mol. The number of pyridine rings is 1.